The molecule has 0 aliphatic heterocycles. The van der Waals surface area contributed by atoms with Crippen molar-refractivity contribution in [2.75, 3.05) is 39.6 Å². The van der Waals surface area contributed by atoms with Gasteiger partial charge in [0.2, 0.25) is 0 Å². The number of rotatable bonds is 73. The first-order valence-corrected chi connectivity index (χ1v) is 41.2. The van der Waals surface area contributed by atoms with Crippen molar-refractivity contribution in [2.24, 2.45) is 5.92 Å². The van der Waals surface area contributed by atoms with E-state index in [9.17, 15) is 43.2 Å². The van der Waals surface area contributed by atoms with Crippen LogP contribution >= 0.6 is 15.6 Å². The van der Waals surface area contributed by atoms with E-state index < -0.39 is 97.5 Å². The number of esters is 4. The molecule has 0 amide bonds. The van der Waals surface area contributed by atoms with Crippen LogP contribution in [0.2, 0.25) is 0 Å². The molecule has 17 nitrogen and oxygen atoms in total. The van der Waals surface area contributed by atoms with Crippen molar-refractivity contribution in [3.05, 3.63) is 0 Å². The summed E-state index contributed by atoms with van der Waals surface area (Å²) >= 11 is 0. The third-order valence-corrected chi connectivity index (χ3v) is 19.3. The first-order valence-electron chi connectivity index (χ1n) is 38.2. The minimum Gasteiger partial charge on any atom is -0.462 e. The Morgan fingerprint density at radius 1 is 0.304 bits per heavy atom. The second-order valence-electron chi connectivity index (χ2n) is 26.6. The number of phosphoric acid groups is 2. The van der Waals surface area contributed by atoms with Gasteiger partial charge in [0.25, 0.3) is 0 Å². The quantitative estimate of drug-likeness (QED) is 0.0222. The predicted octanol–water partition coefficient (Wildman–Crippen LogP) is 21.3. The summed E-state index contributed by atoms with van der Waals surface area (Å²) in [5, 5.41) is 10.6. The average Bonchev–Trinajstić information content (AvgIpc) is 3.61. The van der Waals surface area contributed by atoms with Gasteiger partial charge in [-0.15, -0.1) is 0 Å². The van der Waals surface area contributed by atoms with E-state index in [0.29, 0.717) is 25.7 Å². The molecular weight excluding hydrogens is 1210 g/mol. The molecule has 0 bridgehead atoms. The van der Waals surface area contributed by atoms with E-state index in [0.717, 1.165) is 95.8 Å². The predicted molar refractivity (Wildman–Crippen MR) is 372 cm³/mol. The van der Waals surface area contributed by atoms with Gasteiger partial charge in [-0.25, -0.2) is 9.13 Å². The molecular formula is C73H142O17P2. The number of carbonyl (C=O) groups excluding carboxylic acids is 4. The molecule has 0 rings (SSSR count). The van der Waals surface area contributed by atoms with E-state index in [-0.39, 0.29) is 25.7 Å². The zero-order chi connectivity index (χ0) is 67.7. The van der Waals surface area contributed by atoms with Crippen LogP contribution in [0.25, 0.3) is 0 Å². The molecule has 3 N–H and O–H groups in total. The molecule has 0 aromatic heterocycles. The summed E-state index contributed by atoms with van der Waals surface area (Å²) in [6.45, 7) is 7.32. The van der Waals surface area contributed by atoms with Crippen LogP contribution in [0, 0.1) is 5.92 Å². The van der Waals surface area contributed by atoms with Gasteiger partial charge in [-0.05, 0) is 31.6 Å². The van der Waals surface area contributed by atoms with Crippen LogP contribution < -0.4 is 0 Å². The summed E-state index contributed by atoms with van der Waals surface area (Å²) in [6.07, 6.45) is 53.9. The van der Waals surface area contributed by atoms with Gasteiger partial charge in [0, 0.05) is 25.7 Å². The summed E-state index contributed by atoms with van der Waals surface area (Å²) in [5.74, 6) is -1.27. The molecule has 546 valence electrons. The number of ether oxygens (including phenoxy) is 4. The van der Waals surface area contributed by atoms with E-state index in [1.165, 1.54) is 205 Å². The highest BCUT2D eigenvalue weighted by Gasteiger charge is 2.30. The molecule has 92 heavy (non-hydrogen) atoms. The second kappa shape index (κ2) is 66.3. The lowest BCUT2D eigenvalue weighted by atomic mass is 9.99. The number of hydrogen-bond donors (Lipinski definition) is 3. The van der Waals surface area contributed by atoms with Gasteiger partial charge in [0.05, 0.1) is 26.4 Å². The maximum atomic E-state index is 13.1. The summed E-state index contributed by atoms with van der Waals surface area (Å²) in [4.78, 5) is 72.6. The Kier molecular flexibility index (Phi) is 64.9. The lowest BCUT2D eigenvalue weighted by Crippen LogP contribution is -2.30. The van der Waals surface area contributed by atoms with Crippen molar-refractivity contribution >= 4 is 39.5 Å². The molecule has 0 aromatic carbocycles. The zero-order valence-electron chi connectivity index (χ0n) is 59.7. The van der Waals surface area contributed by atoms with E-state index >= 15 is 0 Å². The topological polar surface area (TPSA) is 237 Å². The minimum absolute atomic E-state index is 0.107. The monoisotopic (exact) mass is 1350 g/mol. The van der Waals surface area contributed by atoms with Gasteiger partial charge in [-0.1, -0.05) is 330 Å². The number of aliphatic hydroxyl groups is 1. The highest BCUT2D eigenvalue weighted by atomic mass is 31.2. The van der Waals surface area contributed by atoms with Crippen molar-refractivity contribution in [1.82, 2.24) is 0 Å². The molecule has 19 heteroatoms. The molecule has 0 fully saturated rings. The molecule has 0 radical (unpaired) electrons. The van der Waals surface area contributed by atoms with Crippen molar-refractivity contribution in [1.29, 1.82) is 0 Å². The molecule has 6 atom stereocenters. The Hall–Kier alpha value is -1.94. The summed E-state index contributed by atoms with van der Waals surface area (Å²) < 4.78 is 68.4. The SMILES string of the molecule is CCCCCCCCCCCCCCCC(=O)OC[C@H](COP(=O)(O)OC[C@@H](O)COP(=O)(O)OC[C@@H](COC(=O)CCCCCCCCCCCC)OC(=O)CCCCCCCCCCCCC)OC(=O)CCCCCCCCCCCCCCCCC(C)CC. The summed E-state index contributed by atoms with van der Waals surface area (Å²) in [6, 6.07) is 0. The lowest BCUT2D eigenvalue weighted by Gasteiger charge is -2.21. The average molecular weight is 1350 g/mol. The Labute approximate surface area is 562 Å². The highest BCUT2D eigenvalue weighted by Crippen LogP contribution is 2.45. The van der Waals surface area contributed by atoms with Crippen LogP contribution in [0.1, 0.15) is 381 Å². The van der Waals surface area contributed by atoms with Gasteiger partial charge in [0.1, 0.15) is 19.3 Å². The maximum Gasteiger partial charge on any atom is 0.472 e. The van der Waals surface area contributed by atoms with E-state index in [1.54, 1.807) is 0 Å². The Morgan fingerprint density at radius 3 is 0.772 bits per heavy atom. The number of unbranched alkanes of at least 4 members (excludes halogenated alkanes) is 44. The van der Waals surface area contributed by atoms with E-state index in [4.69, 9.17) is 37.0 Å². The number of carbonyl (C=O) groups is 4. The third kappa shape index (κ3) is 65.4. The Balaban J connectivity index is 5.23. The van der Waals surface area contributed by atoms with Gasteiger partial charge in [0.15, 0.2) is 12.2 Å². The third-order valence-electron chi connectivity index (χ3n) is 17.4. The normalized spacial score (nSPS) is 14.3. The fourth-order valence-corrected chi connectivity index (χ4v) is 12.7. The number of aliphatic hydroxyl groups excluding tert-OH is 1. The lowest BCUT2D eigenvalue weighted by molar-refractivity contribution is -0.161. The van der Waals surface area contributed by atoms with Crippen LogP contribution in [0.15, 0.2) is 0 Å². The second-order valence-corrected chi connectivity index (χ2v) is 29.5. The maximum absolute atomic E-state index is 13.1. The fourth-order valence-electron chi connectivity index (χ4n) is 11.1. The van der Waals surface area contributed by atoms with Crippen LogP contribution in [-0.2, 0) is 65.4 Å². The van der Waals surface area contributed by atoms with E-state index in [1.807, 2.05) is 0 Å². The zero-order valence-corrected chi connectivity index (χ0v) is 61.5. The van der Waals surface area contributed by atoms with Crippen molar-refractivity contribution < 1.29 is 80.2 Å². The van der Waals surface area contributed by atoms with Gasteiger partial charge in [-0.2, -0.15) is 0 Å². The summed E-state index contributed by atoms with van der Waals surface area (Å²) in [5.41, 5.74) is 0. The van der Waals surface area contributed by atoms with Crippen molar-refractivity contribution in [3.8, 4) is 0 Å². The molecule has 3 unspecified atom stereocenters. The molecule has 0 aromatic rings. The van der Waals surface area contributed by atoms with Crippen molar-refractivity contribution in [3.63, 3.8) is 0 Å². The Morgan fingerprint density at radius 2 is 0.522 bits per heavy atom. The van der Waals surface area contributed by atoms with Gasteiger partial charge >= 0.3 is 39.5 Å². The molecule has 0 aliphatic rings. The Bertz CT molecular complexity index is 1770. The van der Waals surface area contributed by atoms with Gasteiger partial charge in [-0.3, -0.25) is 37.3 Å². The van der Waals surface area contributed by atoms with Crippen LogP contribution in [0.5, 0.6) is 0 Å². The number of hydrogen-bond acceptors (Lipinski definition) is 15. The molecule has 0 spiro atoms. The van der Waals surface area contributed by atoms with Crippen LogP contribution in [0.3, 0.4) is 0 Å². The van der Waals surface area contributed by atoms with Crippen molar-refractivity contribution in [2.45, 2.75) is 400 Å². The van der Waals surface area contributed by atoms with Gasteiger partial charge < -0.3 is 33.8 Å². The summed E-state index contributed by atoms with van der Waals surface area (Å²) in [7, 11) is -9.90. The molecule has 0 saturated carbocycles. The molecule has 0 aliphatic carbocycles. The minimum atomic E-state index is -4.95. The van der Waals surface area contributed by atoms with Crippen LogP contribution in [0.4, 0.5) is 0 Å². The van der Waals surface area contributed by atoms with E-state index in [2.05, 4.69) is 34.6 Å². The standard InChI is InChI=1S/C73H142O17P2/c1-6-10-13-16-19-22-25-28-33-37-42-47-52-57-71(76)84-63-69(90-73(78)59-54-49-44-39-34-30-27-26-29-32-35-40-45-50-55-66(5)9-4)65-88-92(81,82)86-61-67(74)60-85-91(79,80)87-64-68(62-83-70(75)56-51-46-41-36-24-21-18-15-12-8-3)89-72(77)58-53-48-43-38-31-23-20-17-14-11-7-2/h66-69,74H,6-65H2,1-5H3,(H,79,80)(H,81,82)/t66?,67-,68+,69+/m0/s1. The first-order chi connectivity index (χ1) is 44.6. The number of phosphoric ester groups is 2. The van der Waals surface area contributed by atoms with Crippen LogP contribution in [-0.4, -0.2) is 96.7 Å². The largest absolute Gasteiger partial charge is 0.472 e. The smallest absolute Gasteiger partial charge is 0.462 e. The molecule has 0 saturated heterocycles. The molecule has 0 heterocycles. The highest BCUT2D eigenvalue weighted by molar-refractivity contribution is 7.47. The first kappa shape index (κ1) is 90.1. The fraction of sp³-hybridized carbons (Fsp3) is 0.945.